The second kappa shape index (κ2) is 5.00. The molecule has 0 bridgehead atoms. The van der Waals surface area contributed by atoms with Crippen LogP contribution < -0.4 is 10.6 Å². The molecule has 0 saturated heterocycles. The molecule has 1 atom stereocenters. The van der Waals surface area contributed by atoms with Gasteiger partial charge in [0.2, 0.25) is 0 Å². The lowest BCUT2D eigenvalue weighted by Crippen LogP contribution is -2.42. The van der Waals surface area contributed by atoms with Gasteiger partial charge in [0.15, 0.2) is 5.66 Å². The quantitative estimate of drug-likeness (QED) is 0.874. The van der Waals surface area contributed by atoms with Crippen LogP contribution in [-0.4, -0.2) is 29.8 Å². The molecule has 1 aromatic carbocycles. The summed E-state index contributed by atoms with van der Waals surface area (Å²) in [6.07, 6.45) is 3.45. The Kier molecular flexibility index (Phi) is 3.18. The predicted octanol–water partition coefficient (Wildman–Crippen LogP) is 1.66. The first-order chi connectivity index (χ1) is 9.73. The molecule has 20 heavy (non-hydrogen) atoms. The number of aliphatic imine (C=N–C) groups is 2. The van der Waals surface area contributed by atoms with E-state index in [9.17, 15) is 0 Å². The third-order valence-electron chi connectivity index (χ3n) is 3.67. The first-order valence-electron chi connectivity index (χ1n) is 6.87. The molecule has 0 aromatic heterocycles. The highest BCUT2D eigenvalue weighted by atomic mass is 15.3. The lowest BCUT2D eigenvalue weighted by Gasteiger charge is -2.33. The molecule has 2 aliphatic heterocycles. The Morgan fingerprint density at radius 1 is 1.10 bits per heavy atom. The van der Waals surface area contributed by atoms with Gasteiger partial charge < -0.3 is 15.5 Å². The smallest absolute Gasteiger partial charge is 0.194 e. The van der Waals surface area contributed by atoms with Crippen molar-refractivity contribution < 1.29 is 0 Å². The van der Waals surface area contributed by atoms with Crippen LogP contribution in [0.2, 0.25) is 0 Å². The largest absolute Gasteiger partial charge is 0.353 e. The van der Waals surface area contributed by atoms with Crippen molar-refractivity contribution >= 4 is 12.7 Å². The summed E-state index contributed by atoms with van der Waals surface area (Å²) in [5, 5.41) is 6.48. The Balaban J connectivity index is 1.88. The van der Waals surface area contributed by atoms with E-state index in [1.54, 1.807) is 12.7 Å². The van der Waals surface area contributed by atoms with E-state index in [4.69, 9.17) is 0 Å². The lowest BCUT2D eigenvalue weighted by molar-refractivity contribution is 0.325. The van der Waals surface area contributed by atoms with Gasteiger partial charge >= 0.3 is 0 Å². The highest BCUT2D eigenvalue weighted by Crippen LogP contribution is 2.29. The van der Waals surface area contributed by atoms with Crippen molar-refractivity contribution in [1.29, 1.82) is 0 Å². The fraction of sp³-hybridized carbons (Fsp3) is 0.333. The molecule has 2 N–H and O–H groups in total. The zero-order valence-corrected chi connectivity index (χ0v) is 11.8. The highest BCUT2D eigenvalue weighted by Gasteiger charge is 2.36. The SMILES string of the molecule is CCN(Cc1ccccc1)C1=C2NC=NC2(C)N=CN1. The third kappa shape index (κ3) is 2.15. The normalized spacial score (nSPS) is 23.3. The molecule has 0 radical (unpaired) electrons. The Morgan fingerprint density at radius 3 is 2.50 bits per heavy atom. The van der Waals surface area contributed by atoms with Crippen molar-refractivity contribution in [3.63, 3.8) is 0 Å². The zero-order chi connectivity index (χ0) is 14.0. The van der Waals surface area contributed by atoms with E-state index in [0.29, 0.717) is 0 Å². The zero-order valence-electron chi connectivity index (χ0n) is 11.8. The minimum Gasteiger partial charge on any atom is -0.353 e. The maximum Gasteiger partial charge on any atom is 0.194 e. The molecule has 104 valence electrons. The summed E-state index contributed by atoms with van der Waals surface area (Å²) in [5.74, 6) is 1.05. The van der Waals surface area contributed by atoms with E-state index in [-0.39, 0.29) is 0 Å². The number of nitrogens with one attached hydrogen (secondary N) is 2. The molecule has 0 saturated carbocycles. The van der Waals surface area contributed by atoms with Crippen LogP contribution in [0.5, 0.6) is 0 Å². The Morgan fingerprint density at radius 2 is 1.80 bits per heavy atom. The van der Waals surface area contributed by atoms with E-state index in [2.05, 4.69) is 56.7 Å². The van der Waals surface area contributed by atoms with Crippen LogP contribution in [0.3, 0.4) is 0 Å². The Hall–Kier alpha value is -2.30. The molecule has 3 rings (SSSR count). The molecule has 1 aromatic rings. The predicted molar refractivity (Wildman–Crippen MR) is 81.2 cm³/mol. The minimum absolute atomic E-state index is 0.509. The molecule has 0 amide bonds. The Bertz CT molecular complexity index is 575. The van der Waals surface area contributed by atoms with Crippen molar-refractivity contribution in [2.45, 2.75) is 26.1 Å². The molecule has 0 spiro atoms. The average molecular weight is 269 g/mol. The molecule has 2 heterocycles. The van der Waals surface area contributed by atoms with Gasteiger partial charge in [0.25, 0.3) is 0 Å². The second-order valence-electron chi connectivity index (χ2n) is 5.05. The summed E-state index contributed by atoms with van der Waals surface area (Å²) in [5.41, 5.74) is 1.79. The molecular weight excluding hydrogens is 250 g/mol. The summed E-state index contributed by atoms with van der Waals surface area (Å²) in [6, 6.07) is 10.5. The van der Waals surface area contributed by atoms with Crippen LogP contribution >= 0.6 is 0 Å². The van der Waals surface area contributed by atoms with Gasteiger partial charge in [-0.25, -0.2) is 9.98 Å². The average Bonchev–Trinajstić information content (AvgIpc) is 2.87. The van der Waals surface area contributed by atoms with Crippen LogP contribution in [0.25, 0.3) is 0 Å². The summed E-state index contributed by atoms with van der Waals surface area (Å²) in [4.78, 5) is 11.1. The molecule has 2 aliphatic rings. The summed E-state index contributed by atoms with van der Waals surface area (Å²) >= 11 is 0. The fourth-order valence-electron chi connectivity index (χ4n) is 2.51. The Labute approximate surface area is 119 Å². The van der Waals surface area contributed by atoms with Gasteiger partial charge in [-0.15, -0.1) is 0 Å². The maximum absolute atomic E-state index is 4.42. The monoisotopic (exact) mass is 269 g/mol. The molecule has 0 aliphatic carbocycles. The topological polar surface area (TPSA) is 52.0 Å². The van der Waals surface area contributed by atoms with Crippen molar-refractivity contribution in [2.24, 2.45) is 9.98 Å². The van der Waals surface area contributed by atoms with Gasteiger partial charge in [0.05, 0.1) is 12.7 Å². The van der Waals surface area contributed by atoms with Crippen molar-refractivity contribution in [1.82, 2.24) is 15.5 Å². The van der Waals surface area contributed by atoms with E-state index in [1.165, 1.54) is 5.56 Å². The number of benzene rings is 1. The third-order valence-corrected chi connectivity index (χ3v) is 3.67. The van der Waals surface area contributed by atoms with Gasteiger partial charge in [-0.3, -0.25) is 0 Å². The molecule has 5 heteroatoms. The minimum atomic E-state index is -0.509. The summed E-state index contributed by atoms with van der Waals surface area (Å²) in [6.45, 7) is 5.92. The number of hydrogen-bond acceptors (Lipinski definition) is 5. The lowest BCUT2D eigenvalue weighted by atomic mass is 10.1. The van der Waals surface area contributed by atoms with Gasteiger partial charge in [-0.2, -0.15) is 0 Å². The molecule has 0 fully saturated rings. The second-order valence-corrected chi connectivity index (χ2v) is 5.05. The fourth-order valence-corrected chi connectivity index (χ4v) is 2.51. The molecular formula is C15H19N5. The van der Waals surface area contributed by atoms with Crippen LogP contribution in [0.15, 0.2) is 51.8 Å². The first kappa shape index (κ1) is 12.7. The van der Waals surface area contributed by atoms with Crippen molar-refractivity contribution in [3.05, 3.63) is 47.4 Å². The van der Waals surface area contributed by atoms with Crippen LogP contribution in [0, 0.1) is 0 Å². The first-order valence-corrected chi connectivity index (χ1v) is 6.87. The number of rotatable bonds is 4. The van der Waals surface area contributed by atoms with E-state index in [1.807, 2.05) is 13.0 Å². The van der Waals surface area contributed by atoms with E-state index < -0.39 is 5.66 Å². The number of hydrogen-bond donors (Lipinski definition) is 2. The molecule has 5 nitrogen and oxygen atoms in total. The number of fused-ring (bicyclic) bond motifs is 1. The van der Waals surface area contributed by atoms with Gasteiger partial charge in [0, 0.05) is 13.1 Å². The summed E-state index contributed by atoms with van der Waals surface area (Å²) < 4.78 is 0. The van der Waals surface area contributed by atoms with Gasteiger partial charge in [0.1, 0.15) is 11.5 Å². The van der Waals surface area contributed by atoms with E-state index in [0.717, 1.165) is 24.6 Å². The van der Waals surface area contributed by atoms with Crippen LogP contribution in [-0.2, 0) is 6.54 Å². The van der Waals surface area contributed by atoms with Crippen LogP contribution in [0.4, 0.5) is 0 Å². The number of nitrogens with zero attached hydrogens (tertiary/aromatic N) is 3. The maximum atomic E-state index is 4.42. The standard InChI is InChI=1S/C15H19N5/c1-3-20(9-12-7-5-4-6-8-12)14-13-15(2,18-10-16-13)19-11-17-14/h4-8,10-11H,3,9H2,1-2H3,(H,16,18)(H,17,19). The van der Waals surface area contributed by atoms with Crippen molar-refractivity contribution in [2.75, 3.05) is 6.54 Å². The van der Waals surface area contributed by atoms with E-state index >= 15 is 0 Å². The molecule has 1 unspecified atom stereocenters. The van der Waals surface area contributed by atoms with Gasteiger partial charge in [-0.1, -0.05) is 30.3 Å². The van der Waals surface area contributed by atoms with Crippen LogP contribution in [0.1, 0.15) is 19.4 Å². The van der Waals surface area contributed by atoms with Gasteiger partial charge in [-0.05, 0) is 19.4 Å². The summed E-state index contributed by atoms with van der Waals surface area (Å²) in [7, 11) is 0. The highest BCUT2D eigenvalue weighted by molar-refractivity contribution is 5.70. The van der Waals surface area contributed by atoms with Crippen molar-refractivity contribution in [3.8, 4) is 0 Å².